The maximum absolute atomic E-state index is 5.72. The zero-order valence-electron chi connectivity index (χ0n) is 10.8. The van der Waals surface area contributed by atoms with Gasteiger partial charge in [0.2, 0.25) is 0 Å². The van der Waals surface area contributed by atoms with Gasteiger partial charge in [0.1, 0.15) is 0 Å². The van der Waals surface area contributed by atoms with E-state index in [0.29, 0.717) is 13.2 Å². The van der Waals surface area contributed by atoms with Crippen LogP contribution < -0.4 is 5.32 Å². The maximum Gasteiger partial charge on any atom is 0.0751 e. The lowest BCUT2D eigenvalue weighted by atomic mass is 10.1. The molecule has 0 aliphatic heterocycles. The Morgan fingerprint density at radius 2 is 1.80 bits per heavy atom. The molecule has 0 aromatic carbocycles. The summed E-state index contributed by atoms with van der Waals surface area (Å²) in [6.45, 7) is 12.6. The highest BCUT2D eigenvalue weighted by Gasteiger charge is 2.16. The second-order valence-corrected chi connectivity index (χ2v) is 4.35. The zero-order chi connectivity index (χ0) is 11.6. The number of nitrogens with one attached hydrogen (secondary N) is 1. The molecule has 3 heteroatoms. The first kappa shape index (κ1) is 14.9. The number of hydrogen-bond donors (Lipinski definition) is 1. The summed E-state index contributed by atoms with van der Waals surface area (Å²) in [5.41, 5.74) is -0.0931. The van der Waals surface area contributed by atoms with Crippen molar-refractivity contribution >= 4 is 0 Å². The summed E-state index contributed by atoms with van der Waals surface area (Å²) >= 11 is 0. The number of ether oxygens (including phenoxy) is 2. The molecule has 0 amide bonds. The van der Waals surface area contributed by atoms with Crippen molar-refractivity contribution in [3.63, 3.8) is 0 Å². The van der Waals surface area contributed by atoms with E-state index in [4.69, 9.17) is 9.47 Å². The minimum absolute atomic E-state index is 0.0931. The molecular formula is C12H27NO2. The molecule has 0 spiro atoms. The van der Waals surface area contributed by atoms with E-state index in [2.05, 4.69) is 33.0 Å². The van der Waals surface area contributed by atoms with E-state index >= 15 is 0 Å². The van der Waals surface area contributed by atoms with E-state index < -0.39 is 0 Å². The van der Waals surface area contributed by atoms with E-state index in [1.54, 1.807) is 0 Å². The topological polar surface area (TPSA) is 30.5 Å². The van der Waals surface area contributed by atoms with Gasteiger partial charge in [-0.25, -0.2) is 0 Å². The Morgan fingerprint density at radius 1 is 1.07 bits per heavy atom. The van der Waals surface area contributed by atoms with Crippen LogP contribution in [0.4, 0.5) is 0 Å². The first-order valence-electron chi connectivity index (χ1n) is 6.05. The molecule has 0 radical (unpaired) electrons. The molecule has 15 heavy (non-hydrogen) atoms. The molecule has 0 aliphatic rings. The fraction of sp³-hybridized carbons (Fsp3) is 1.00. The summed E-state index contributed by atoms with van der Waals surface area (Å²) in [4.78, 5) is 0. The average molecular weight is 217 g/mol. The van der Waals surface area contributed by atoms with Gasteiger partial charge in [-0.2, -0.15) is 0 Å². The first-order valence-corrected chi connectivity index (χ1v) is 6.05. The third kappa shape index (κ3) is 10.2. The Bertz CT molecular complexity index is 138. The van der Waals surface area contributed by atoms with Crippen LogP contribution in [-0.4, -0.2) is 38.5 Å². The SMILES string of the molecule is CCCCOCCOC(C)(C)CNCC. The monoisotopic (exact) mass is 217 g/mol. The number of hydrogen-bond acceptors (Lipinski definition) is 3. The van der Waals surface area contributed by atoms with Crippen LogP contribution in [0.1, 0.15) is 40.5 Å². The van der Waals surface area contributed by atoms with Crippen LogP contribution in [0.25, 0.3) is 0 Å². The van der Waals surface area contributed by atoms with Gasteiger partial charge in [0, 0.05) is 13.2 Å². The van der Waals surface area contributed by atoms with Gasteiger partial charge in [-0.3, -0.25) is 0 Å². The average Bonchev–Trinajstić information content (AvgIpc) is 2.20. The Kier molecular flexibility index (Phi) is 9.06. The van der Waals surface area contributed by atoms with E-state index in [9.17, 15) is 0 Å². The molecule has 0 rings (SSSR count). The van der Waals surface area contributed by atoms with Crippen LogP contribution in [0.3, 0.4) is 0 Å². The predicted octanol–water partition coefficient (Wildman–Crippen LogP) is 2.21. The Hall–Kier alpha value is -0.120. The van der Waals surface area contributed by atoms with Crippen molar-refractivity contribution in [2.75, 3.05) is 32.9 Å². The van der Waals surface area contributed by atoms with E-state index in [1.807, 2.05) is 0 Å². The lowest BCUT2D eigenvalue weighted by Gasteiger charge is -2.25. The van der Waals surface area contributed by atoms with Crippen LogP contribution in [0.15, 0.2) is 0 Å². The van der Waals surface area contributed by atoms with Gasteiger partial charge in [0.05, 0.1) is 18.8 Å². The summed E-state index contributed by atoms with van der Waals surface area (Å²) in [5.74, 6) is 0. The zero-order valence-corrected chi connectivity index (χ0v) is 10.8. The Morgan fingerprint density at radius 3 is 2.40 bits per heavy atom. The highest BCUT2D eigenvalue weighted by Crippen LogP contribution is 2.06. The predicted molar refractivity (Wildman–Crippen MR) is 64.3 cm³/mol. The molecule has 0 bridgehead atoms. The van der Waals surface area contributed by atoms with Crippen LogP contribution in [0.5, 0.6) is 0 Å². The van der Waals surface area contributed by atoms with Gasteiger partial charge < -0.3 is 14.8 Å². The van der Waals surface area contributed by atoms with E-state index in [0.717, 1.165) is 26.1 Å². The maximum atomic E-state index is 5.72. The largest absolute Gasteiger partial charge is 0.379 e. The molecular weight excluding hydrogens is 190 g/mol. The summed E-state index contributed by atoms with van der Waals surface area (Å²) in [7, 11) is 0. The summed E-state index contributed by atoms with van der Waals surface area (Å²) in [6.07, 6.45) is 2.33. The molecule has 0 aliphatic carbocycles. The summed E-state index contributed by atoms with van der Waals surface area (Å²) in [5, 5.41) is 3.28. The van der Waals surface area contributed by atoms with Crippen molar-refractivity contribution < 1.29 is 9.47 Å². The van der Waals surface area contributed by atoms with Gasteiger partial charge in [-0.15, -0.1) is 0 Å². The summed E-state index contributed by atoms with van der Waals surface area (Å²) < 4.78 is 11.2. The van der Waals surface area contributed by atoms with Crippen molar-refractivity contribution in [3.8, 4) is 0 Å². The number of likely N-dealkylation sites (N-methyl/N-ethyl adjacent to an activating group) is 1. The second kappa shape index (κ2) is 9.13. The molecule has 1 N–H and O–H groups in total. The van der Waals surface area contributed by atoms with Gasteiger partial charge in [0.25, 0.3) is 0 Å². The standard InChI is InChI=1S/C12H27NO2/c1-5-7-8-14-9-10-15-12(3,4)11-13-6-2/h13H,5-11H2,1-4H3. The smallest absolute Gasteiger partial charge is 0.0751 e. The van der Waals surface area contributed by atoms with Crippen molar-refractivity contribution in [1.29, 1.82) is 0 Å². The third-order valence-electron chi connectivity index (χ3n) is 2.16. The lowest BCUT2D eigenvalue weighted by molar-refractivity contribution is -0.0445. The molecule has 3 nitrogen and oxygen atoms in total. The van der Waals surface area contributed by atoms with Crippen molar-refractivity contribution in [1.82, 2.24) is 5.32 Å². The van der Waals surface area contributed by atoms with Crippen molar-refractivity contribution in [3.05, 3.63) is 0 Å². The van der Waals surface area contributed by atoms with E-state index in [-0.39, 0.29) is 5.60 Å². The van der Waals surface area contributed by atoms with Crippen LogP contribution in [0, 0.1) is 0 Å². The third-order valence-corrected chi connectivity index (χ3v) is 2.16. The van der Waals surface area contributed by atoms with Gasteiger partial charge >= 0.3 is 0 Å². The molecule has 0 aromatic heterocycles. The Labute approximate surface area is 94.5 Å². The fourth-order valence-electron chi connectivity index (χ4n) is 1.20. The molecule has 0 aromatic rings. The van der Waals surface area contributed by atoms with E-state index in [1.165, 1.54) is 6.42 Å². The molecule has 0 atom stereocenters. The molecule has 92 valence electrons. The Balaban J connectivity index is 3.32. The number of unbranched alkanes of at least 4 members (excludes halogenated alkanes) is 1. The van der Waals surface area contributed by atoms with Crippen molar-refractivity contribution in [2.24, 2.45) is 0 Å². The minimum Gasteiger partial charge on any atom is -0.379 e. The fourth-order valence-corrected chi connectivity index (χ4v) is 1.20. The quantitative estimate of drug-likeness (QED) is 0.569. The van der Waals surface area contributed by atoms with Gasteiger partial charge in [0.15, 0.2) is 0 Å². The molecule has 0 heterocycles. The first-order chi connectivity index (χ1) is 7.12. The minimum atomic E-state index is -0.0931. The van der Waals surface area contributed by atoms with Gasteiger partial charge in [-0.1, -0.05) is 20.3 Å². The second-order valence-electron chi connectivity index (χ2n) is 4.35. The molecule has 0 saturated heterocycles. The molecule has 0 saturated carbocycles. The summed E-state index contributed by atoms with van der Waals surface area (Å²) in [6, 6.07) is 0. The normalized spacial score (nSPS) is 12.0. The van der Waals surface area contributed by atoms with Crippen LogP contribution in [-0.2, 0) is 9.47 Å². The van der Waals surface area contributed by atoms with Crippen molar-refractivity contribution in [2.45, 2.75) is 46.1 Å². The van der Waals surface area contributed by atoms with Gasteiger partial charge in [-0.05, 0) is 26.8 Å². The highest BCUT2D eigenvalue weighted by molar-refractivity contribution is 4.71. The van der Waals surface area contributed by atoms with Crippen LogP contribution >= 0.6 is 0 Å². The molecule has 0 unspecified atom stereocenters. The number of rotatable bonds is 10. The molecule has 0 fully saturated rings. The van der Waals surface area contributed by atoms with Crippen LogP contribution in [0.2, 0.25) is 0 Å². The lowest BCUT2D eigenvalue weighted by Crippen LogP contribution is -2.38. The highest BCUT2D eigenvalue weighted by atomic mass is 16.5.